The number of carbonyl (C=O) groups is 1. The predicted molar refractivity (Wildman–Crippen MR) is 119 cm³/mol. The Morgan fingerprint density at radius 3 is 2.70 bits per heavy atom. The number of hydrogen-bond acceptors (Lipinski definition) is 5. The van der Waals surface area contributed by atoms with Crippen LogP contribution in [-0.4, -0.2) is 38.3 Å². The molecule has 0 bridgehead atoms. The van der Waals surface area contributed by atoms with Gasteiger partial charge in [-0.2, -0.15) is 0 Å². The van der Waals surface area contributed by atoms with Gasteiger partial charge in [-0.15, -0.1) is 12.4 Å². The van der Waals surface area contributed by atoms with Gasteiger partial charge in [-0.3, -0.25) is 4.79 Å². The maximum Gasteiger partial charge on any atom is 0.345 e. The van der Waals surface area contributed by atoms with Crippen molar-refractivity contribution in [3.8, 4) is 17.0 Å². The third kappa shape index (κ3) is 3.53. The smallest absolute Gasteiger partial charge is 0.345 e. The molecule has 5 N–H and O–H groups in total. The largest absolute Gasteiger partial charge is 0.506 e. The summed E-state index contributed by atoms with van der Waals surface area (Å²) < 4.78 is 2.13. The van der Waals surface area contributed by atoms with Crippen LogP contribution >= 0.6 is 12.4 Å². The van der Waals surface area contributed by atoms with Crippen LogP contribution in [0.3, 0.4) is 0 Å². The Bertz CT molecular complexity index is 1200. The van der Waals surface area contributed by atoms with Crippen LogP contribution in [0.5, 0.6) is 5.75 Å². The Balaban J connectivity index is 0.00000256. The van der Waals surface area contributed by atoms with Gasteiger partial charge in [0.2, 0.25) is 0 Å². The van der Waals surface area contributed by atoms with Gasteiger partial charge in [0.15, 0.2) is 5.56 Å². The summed E-state index contributed by atoms with van der Waals surface area (Å²) in [7, 11) is 2.02. The molecule has 0 radical (unpaired) electrons. The molecule has 8 nitrogen and oxygen atoms in total. The van der Waals surface area contributed by atoms with Crippen molar-refractivity contribution in [2.24, 2.45) is 7.05 Å². The molecule has 1 aliphatic rings. The fraction of sp³-hybridized carbons (Fsp3) is 0.333. The first-order valence-electron chi connectivity index (χ1n) is 9.59. The number of nitrogens with one attached hydrogen (secondary N) is 3. The number of halogens is 1. The van der Waals surface area contributed by atoms with E-state index in [1.165, 1.54) is 0 Å². The first-order chi connectivity index (χ1) is 13.8. The minimum atomic E-state index is -1.44. The van der Waals surface area contributed by atoms with Gasteiger partial charge in [-0.05, 0) is 24.6 Å². The predicted octanol–water partition coefficient (Wildman–Crippen LogP) is 2.83. The highest BCUT2D eigenvalue weighted by atomic mass is 35.5. The van der Waals surface area contributed by atoms with E-state index in [0.717, 1.165) is 34.4 Å². The zero-order valence-electron chi connectivity index (χ0n) is 17.0. The number of pyridine rings is 1. The molecule has 0 saturated heterocycles. The molecular formula is C21H25ClN4O4. The van der Waals surface area contributed by atoms with Crippen molar-refractivity contribution in [1.82, 2.24) is 14.9 Å². The summed E-state index contributed by atoms with van der Waals surface area (Å²) in [5.41, 5.74) is 3.23. The molecule has 1 aliphatic heterocycles. The number of hydrogen-bond donors (Lipinski definition) is 5. The highest BCUT2D eigenvalue weighted by Gasteiger charge is 2.26. The number of fused-ring (bicyclic) bond motifs is 4. The lowest BCUT2D eigenvalue weighted by atomic mass is 9.99. The van der Waals surface area contributed by atoms with Crippen molar-refractivity contribution >= 4 is 35.0 Å². The molecule has 0 amide bonds. The standard InChI is InChI=1S/C21H24N4O4.ClH/c1-10(2)23-9-12-6-11-7-14-15(8-16(11)25(12)3)22-5-4-13-18(14)24-20(27)17(19(13)26)21(28)29;/h6-8,10,22-23H,4-5,9H2,1-3H3,(H,28,29)(H2,24,26,27);1H. The first-order valence-corrected chi connectivity index (χ1v) is 9.59. The Morgan fingerprint density at radius 1 is 1.30 bits per heavy atom. The van der Waals surface area contributed by atoms with E-state index in [0.29, 0.717) is 30.3 Å². The zero-order valence-corrected chi connectivity index (χ0v) is 17.8. The molecule has 1 aromatic carbocycles. The van der Waals surface area contributed by atoms with E-state index in [1.807, 2.05) is 19.2 Å². The summed E-state index contributed by atoms with van der Waals surface area (Å²) in [4.78, 5) is 26.4. The van der Waals surface area contributed by atoms with Crippen molar-refractivity contribution in [3.05, 3.63) is 45.4 Å². The van der Waals surface area contributed by atoms with Gasteiger partial charge in [0.1, 0.15) is 5.75 Å². The lowest BCUT2D eigenvalue weighted by Gasteiger charge is -2.12. The lowest BCUT2D eigenvalue weighted by molar-refractivity contribution is 0.0691. The average molecular weight is 433 g/mol. The van der Waals surface area contributed by atoms with Gasteiger partial charge in [0.25, 0.3) is 5.56 Å². The molecule has 4 rings (SSSR count). The van der Waals surface area contributed by atoms with Gasteiger partial charge >= 0.3 is 5.97 Å². The fourth-order valence-corrected chi connectivity index (χ4v) is 3.90. The third-order valence-corrected chi connectivity index (χ3v) is 5.44. The molecule has 30 heavy (non-hydrogen) atoms. The van der Waals surface area contributed by atoms with E-state index in [-0.39, 0.29) is 12.4 Å². The van der Waals surface area contributed by atoms with Gasteiger partial charge < -0.3 is 30.4 Å². The molecule has 0 spiro atoms. The molecule has 3 heterocycles. The molecule has 2 aromatic heterocycles. The molecule has 9 heteroatoms. The van der Waals surface area contributed by atoms with Crippen LogP contribution in [0.25, 0.3) is 22.2 Å². The van der Waals surface area contributed by atoms with E-state index in [4.69, 9.17) is 0 Å². The second kappa shape index (κ2) is 8.04. The van der Waals surface area contributed by atoms with Crippen LogP contribution in [0, 0.1) is 0 Å². The number of aromatic carboxylic acids is 1. The highest BCUT2D eigenvalue weighted by Crippen LogP contribution is 2.39. The number of anilines is 1. The second-order valence-electron chi connectivity index (χ2n) is 7.70. The van der Waals surface area contributed by atoms with Crippen LogP contribution in [0.15, 0.2) is 23.0 Å². The van der Waals surface area contributed by atoms with E-state index in [9.17, 15) is 19.8 Å². The van der Waals surface area contributed by atoms with Gasteiger partial charge in [0.05, 0.1) is 11.2 Å². The van der Waals surface area contributed by atoms with Crippen molar-refractivity contribution in [1.29, 1.82) is 0 Å². The lowest BCUT2D eigenvalue weighted by Crippen LogP contribution is -2.22. The number of H-pyrrole nitrogens is 1. The summed E-state index contributed by atoms with van der Waals surface area (Å²) >= 11 is 0. The summed E-state index contributed by atoms with van der Waals surface area (Å²) in [5, 5.41) is 27.5. The monoisotopic (exact) mass is 432 g/mol. The maximum atomic E-state index is 12.3. The molecule has 3 aromatic rings. The number of nitrogens with zero attached hydrogens (tertiary/aromatic N) is 1. The number of carboxylic acid groups (broad SMARTS) is 1. The van der Waals surface area contributed by atoms with Gasteiger partial charge in [0, 0.05) is 54.1 Å². The summed E-state index contributed by atoms with van der Waals surface area (Å²) in [6, 6.07) is 6.46. The summed E-state index contributed by atoms with van der Waals surface area (Å²) in [6.45, 7) is 5.44. The number of aromatic nitrogens is 2. The average Bonchev–Trinajstić information content (AvgIpc) is 2.83. The SMILES string of the molecule is CC(C)NCc1cc2cc3c(cc2n1C)NCCc1c-3[nH]c(=O)c(C(=O)O)c1O.Cl. The molecule has 0 aliphatic carbocycles. The number of benzene rings is 1. The molecular weight excluding hydrogens is 408 g/mol. The van der Waals surface area contributed by atoms with Crippen LogP contribution in [0.2, 0.25) is 0 Å². The molecule has 0 unspecified atom stereocenters. The number of rotatable bonds is 4. The Hall–Kier alpha value is -2.97. The van der Waals surface area contributed by atoms with E-state index < -0.39 is 22.8 Å². The van der Waals surface area contributed by atoms with Crippen LogP contribution < -0.4 is 16.2 Å². The number of carboxylic acids is 1. The summed E-state index contributed by atoms with van der Waals surface area (Å²) in [5.74, 6) is -1.90. The van der Waals surface area contributed by atoms with E-state index >= 15 is 0 Å². The minimum Gasteiger partial charge on any atom is -0.506 e. The Morgan fingerprint density at radius 2 is 2.03 bits per heavy atom. The van der Waals surface area contributed by atoms with E-state index in [2.05, 4.69) is 40.1 Å². The molecule has 0 fully saturated rings. The second-order valence-corrected chi connectivity index (χ2v) is 7.70. The normalized spacial score (nSPS) is 12.7. The highest BCUT2D eigenvalue weighted by molar-refractivity contribution is 5.96. The quantitative estimate of drug-likeness (QED) is 0.432. The molecule has 0 saturated carbocycles. The topological polar surface area (TPSA) is 119 Å². The summed E-state index contributed by atoms with van der Waals surface area (Å²) in [6.07, 6.45) is 0.396. The van der Waals surface area contributed by atoms with Crippen LogP contribution in [0.4, 0.5) is 5.69 Å². The number of aryl methyl sites for hydroxylation is 1. The van der Waals surface area contributed by atoms with Crippen molar-refractivity contribution < 1.29 is 15.0 Å². The van der Waals surface area contributed by atoms with Crippen molar-refractivity contribution in [2.75, 3.05) is 11.9 Å². The minimum absolute atomic E-state index is 0. The van der Waals surface area contributed by atoms with Crippen LogP contribution in [-0.2, 0) is 20.0 Å². The fourth-order valence-electron chi connectivity index (χ4n) is 3.90. The first kappa shape index (κ1) is 21.7. The maximum absolute atomic E-state index is 12.3. The number of aromatic amines is 1. The van der Waals surface area contributed by atoms with Crippen LogP contribution in [0.1, 0.15) is 35.5 Å². The third-order valence-electron chi connectivity index (χ3n) is 5.44. The van der Waals surface area contributed by atoms with Crippen molar-refractivity contribution in [3.63, 3.8) is 0 Å². The Labute approximate surface area is 179 Å². The number of aromatic hydroxyl groups is 1. The van der Waals surface area contributed by atoms with Crippen molar-refractivity contribution in [2.45, 2.75) is 32.9 Å². The molecule has 0 atom stereocenters. The zero-order chi connectivity index (χ0) is 20.9. The van der Waals surface area contributed by atoms with E-state index in [1.54, 1.807) is 0 Å². The Kier molecular flexibility index (Phi) is 5.83. The van der Waals surface area contributed by atoms with Gasteiger partial charge in [-0.1, -0.05) is 13.8 Å². The van der Waals surface area contributed by atoms with Gasteiger partial charge in [-0.25, -0.2) is 4.79 Å². The molecule has 160 valence electrons.